The molecule has 1 heterocycles. The summed E-state index contributed by atoms with van der Waals surface area (Å²) in [4.78, 5) is 55.4. The van der Waals surface area contributed by atoms with Crippen LogP contribution in [0.4, 0.5) is 0 Å². The summed E-state index contributed by atoms with van der Waals surface area (Å²) in [5.41, 5.74) is 3.57. The van der Waals surface area contributed by atoms with Crippen LogP contribution in [-0.2, 0) is 25.6 Å². The number of carbonyl (C=O) groups excluding carboxylic acids is 4. The lowest BCUT2D eigenvalue weighted by Gasteiger charge is -2.42. The first-order chi connectivity index (χ1) is 19.2. The quantitative estimate of drug-likeness (QED) is 0.337. The molecule has 1 fully saturated rings. The van der Waals surface area contributed by atoms with E-state index in [1.54, 1.807) is 43.3 Å². The largest absolute Gasteiger partial charge is 0.508 e. The summed E-state index contributed by atoms with van der Waals surface area (Å²) < 4.78 is 5.33. The number of imide groups is 1. The Morgan fingerprint density at radius 1 is 0.975 bits per heavy atom. The number of amides is 2. The molecule has 1 aliphatic heterocycles. The minimum absolute atomic E-state index is 0.0480. The number of aromatic hydroxyl groups is 2. The average molecular weight is 540 g/mol. The summed E-state index contributed by atoms with van der Waals surface area (Å²) in [6.45, 7) is 1.84. The van der Waals surface area contributed by atoms with Gasteiger partial charge in [0, 0.05) is 29.2 Å². The summed E-state index contributed by atoms with van der Waals surface area (Å²) in [6, 6.07) is 11.5. The molecule has 2 aromatic carbocycles. The molecule has 2 N–H and O–H groups in total. The van der Waals surface area contributed by atoms with Crippen molar-refractivity contribution in [3.8, 4) is 17.2 Å². The van der Waals surface area contributed by atoms with Crippen molar-refractivity contribution in [3.05, 3.63) is 88.0 Å². The number of carbonyl (C=O) groups is 4. The van der Waals surface area contributed by atoms with Crippen LogP contribution in [0.25, 0.3) is 0 Å². The number of ketones is 2. The summed E-state index contributed by atoms with van der Waals surface area (Å²) >= 11 is 0. The van der Waals surface area contributed by atoms with Crippen molar-refractivity contribution in [1.29, 1.82) is 0 Å². The van der Waals surface area contributed by atoms with E-state index in [0.717, 1.165) is 11.1 Å². The lowest BCUT2D eigenvalue weighted by Crippen LogP contribution is -2.40. The maximum Gasteiger partial charge on any atom is 0.233 e. The third-order valence-electron chi connectivity index (χ3n) is 8.75. The molecule has 0 saturated carbocycles. The molecule has 2 amide bonds. The highest BCUT2D eigenvalue weighted by molar-refractivity contribution is 6.23. The van der Waals surface area contributed by atoms with E-state index in [2.05, 4.69) is 0 Å². The van der Waals surface area contributed by atoms with Crippen molar-refractivity contribution in [3.63, 3.8) is 0 Å². The number of phenols is 2. The molecule has 2 aromatic rings. The number of rotatable bonds is 5. The first-order valence-electron chi connectivity index (χ1n) is 13.4. The Bertz CT molecular complexity index is 1560. The molecule has 4 aliphatic rings. The van der Waals surface area contributed by atoms with E-state index in [0.29, 0.717) is 35.1 Å². The zero-order valence-corrected chi connectivity index (χ0v) is 22.2. The fraction of sp³-hybridized carbons (Fsp3) is 0.312. The van der Waals surface area contributed by atoms with E-state index in [1.165, 1.54) is 24.2 Å². The van der Waals surface area contributed by atoms with Gasteiger partial charge < -0.3 is 14.9 Å². The molecule has 3 aliphatic carbocycles. The number of Topliss-reactive ketones (excluding diaryl/α,β-unsaturated/α-hetero) is 1. The lowest BCUT2D eigenvalue weighted by atomic mass is 9.59. The Kier molecular flexibility index (Phi) is 6.21. The lowest BCUT2D eigenvalue weighted by molar-refractivity contribution is -0.140. The Hall–Kier alpha value is -4.46. The number of likely N-dealkylation sites (tertiary alicyclic amines) is 1. The van der Waals surface area contributed by atoms with E-state index < -0.39 is 23.7 Å². The Morgan fingerprint density at radius 2 is 1.73 bits per heavy atom. The van der Waals surface area contributed by atoms with Gasteiger partial charge in [-0.1, -0.05) is 29.8 Å². The van der Waals surface area contributed by atoms with Crippen LogP contribution in [0.2, 0.25) is 0 Å². The minimum Gasteiger partial charge on any atom is -0.508 e. The molecule has 8 heteroatoms. The SMILES string of the molecule is COc1cc(C2C3=CCC4C(=O)N(CCc5ccc(O)cc5)C(=O)C4C3CC3=C2C(=O)C=C(C)C3=O)ccc1O. The summed E-state index contributed by atoms with van der Waals surface area (Å²) in [5, 5.41) is 19.8. The number of hydrogen-bond donors (Lipinski definition) is 2. The number of methoxy groups -OCH3 is 1. The topological polar surface area (TPSA) is 121 Å². The zero-order valence-electron chi connectivity index (χ0n) is 22.2. The van der Waals surface area contributed by atoms with Crippen LogP contribution >= 0.6 is 0 Å². The molecule has 4 unspecified atom stereocenters. The molecule has 1 saturated heterocycles. The first kappa shape index (κ1) is 25.8. The molecule has 0 spiro atoms. The van der Waals surface area contributed by atoms with Gasteiger partial charge in [0.05, 0.1) is 18.9 Å². The molecule has 40 heavy (non-hydrogen) atoms. The van der Waals surface area contributed by atoms with E-state index in [9.17, 15) is 29.4 Å². The molecule has 0 bridgehead atoms. The van der Waals surface area contributed by atoms with E-state index in [-0.39, 0.29) is 53.6 Å². The highest BCUT2D eigenvalue weighted by Crippen LogP contribution is 2.55. The standard InChI is InChI=1S/C32H29NO7/c1-16-13-25(36)29-23(30(16)37)15-22-20(27(29)18-5-10-24(35)26(14-18)40-2)8-9-21-28(22)32(39)33(31(21)38)12-11-17-3-6-19(34)7-4-17/h3-8,10,13-14,21-22,27-28,34-35H,9,11-12,15H2,1-2H3. The summed E-state index contributed by atoms with van der Waals surface area (Å²) in [7, 11) is 1.44. The average Bonchev–Trinajstić information content (AvgIpc) is 3.19. The maximum atomic E-state index is 13.8. The van der Waals surface area contributed by atoms with E-state index in [4.69, 9.17) is 4.74 Å². The highest BCUT2D eigenvalue weighted by Gasteiger charge is 2.56. The predicted octanol–water partition coefficient (Wildman–Crippen LogP) is 3.78. The predicted molar refractivity (Wildman–Crippen MR) is 145 cm³/mol. The monoisotopic (exact) mass is 539 g/mol. The van der Waals surface area contributed by atoms with Crippen molar-refractivity contribution >= 4 is 23.4 Å². The Morgan fingerprint density at radius 3 is 2.45 bits per heavy atom. The van der Waals surface area contributed by atoms with Gasteiger partial charge in [-0.2, -0.15) is 0 Å². The number of hydrogen-bond acceptors (Lipinski definition) is 7. The van der Waals surface area contributed by atoms with Gasteiger partial charge in [-0.3, -0.25) is 24.1 Å². The second-order valence-corrected chi connectivity index (χ2v) is 10.9. The normalized spacial score (nSPS) is 25.8. The third kappa shape index (κ3) is 3.97. The van der Waals surface area contributed by atoms with Crippen LogP contribution in [0.3, 0.4) is 0 Å². The second-order valence-electron chi connectivity index (χ2n) is 10.9. The van der Waals surface area contributed by atoms with Gasteiger partial charge >= 0.3 is 0 Å². The van der Waals surface area contributed by atoms with Gasteiger partial charge in [-0.25, -0.2) is 0 Å². The fourth-order valence-electron chi connectivity index (χ4n) is 6.82. The third-order valence-corrected chi connectivity index (χ3v) is 8.75. The van der Waals surface area contributed by atoms with Crippen molar-refractivity contribution in [1.82, 2.24) is 4.90 Å². The second kappa shape index (κ2) is 9.62. The van der Waals surface area contributed by atoms with Gasteiger partial charge in [0.15, 0.2) is 23.1 Å². The van der Waals surface area contributed by atoms with E-state index >= 15 is 0 Å². The fourth-order valence-corrected chi connectivity index (χ4v) is 6.82. The Labute approximate surface area is 231 Å². The van der Waals surface area contributed by atoms with Crippen LogP contribution in [-0.4, -0.2) is 52.1 Å². The van der Waals surface area contributed by atoms with Gasteiger partial charge in [-0.05, 0) is 73.6 Å². The van der Waals surface area contributed by atoms with Gasteiger partial charge in [0.25, 0.3) is 0 Å². The van der Waals surface area contributed by atoms with Crippen LogP contribution < -0.4 is 4.74 Å². The van der Waals surface area contributed by atoms with Crippen molar-refractivity contribution < 1.29 is 34.1 Å². The summed E-state index contributed by atoms with van der Waals surface area (Å²) in [5.74, 6) is -2.75. The molecule has 204 valence electrons. The van der Waals surface area contributed by atoms with Gasteiger partial charge in [0.2, 0.25) is 11.8 Å². The number of fused-ring (bicyclic) bond motifs is 3. The molecule has 0 radical (unpaired) electrons. The van der Waals surface area contributed by atoms with Crippen molar-refractivity contribution in [2.75, 3.05) is 13.7 Å². The number of allylic oxidation sites excluding steroid dienone is 6. The van der Waals surface area contributed by atoms with Gasteiger partial charge in [0.1, 0.15) is 5.75 Å². The number of benzene rings is 2. The van der Waals surface area contributed by atoms with Crippen molar-refractivity contribution in [2.45, 2.75) is 32.1 Å². The molecule has 4 atom stereocenters. The molecular weight excluding hydrogens is 510 g/mol. The van der Waals surface area contributed by atoms with Crippen molar-refractivity contribution in [2.24, 2.45) is 17.8 Å². The molecule has 8 nitrogen and oxygen atoms in total. The van der Waals surface area contributed by atoms with Crippen LogP contribution in [0, 0.1) is 17.8 Å². The summed E-state index contributed by atoms with van der Waals surface area (Å²) in [6.07, 6.45) is 4.38. The van der Waals surface area contributed by atoms with Gasteiger partial charge in [-0.15, -0.1) is 0 Å². The number of ether oxygens (including phenoxy) is 1. The van der Waals surface area contributed by atoms with Crippen LogP contribution in [0.15, 0.2) is 76.9 Å². The molecule has 0 aromatic heterocycles. The highest BCUT2D eigenvalue weighted by atomic mass is 16.5. The van der Waals surface area contributed by atoms with Crippen LogP contribution in [0.1, 0.15) is 36.8 Å². The minimum atomic E-state index is -0.628. The van der Waals surface area contributed by atoms with Crippen LogP contribution in [0.5, 0.6) is 17.2 Å². The Balaban J connectivity index is 1.39. The van der Waals surface area contributed by atoms with E-state index in [1.807, 2.05) is 6.08 Å². The molecule has 6 rings (SSSR count). The smallest absolute Gasteiger partial charge is 0.233 e. The molecular formula is C32H29NO7. The maximum absolute atomic E-state index is 13.8. The zero-order chi connectivity index (χ0) is 28.3. The number of phenolic OH excluding ortho intramolecular Hbond substituents is 2. The number of nitrogens with zero attached hydrogens (tertiary/aromatic N) is 1. The first-order valence-corrected chi connectivity index (χ1v) is 13.4.